The van der Waals surface area contributed by atoms with Gasteiger partial charge in [-0.15, -0.1) is 0 Å². The Morgan fingerprint density at radius 3 is 2.66 bits per heavy atom. The molecule has 0 aliphatic rings. The molecule has 0 aliphatic carbocycles. The lowest BCUT2D eigenvalue weighted by atomic mass is 10.0. The quantitative estimate of drug-likeness (QED) is 0.279. The van der Waals surface area contributed by atoms with Gasteiger partial charge in [0.2, 0.25) is 5.95 Å². The Balaban J connectivity index is 0.00000220. The van der Waals surface area contributed by atoms with Gasteiger partial charge in [-0.25, -0.2) is 9.37 Å². The number of halogens is 1. The summed E-state index contributed by atoms with van der Waals surface area (Å²) in [5, 5.41) is 5.76. The number of carbonyl (C=O) groups is 1. The number of aryl methyl sites for hydroxylation is 2. The summed E-state index contributed by atoms with van der Waals surface area (Å²) >= 11 is 0. The number of rotatable bonds is 7. The van der Waals surface area contributed by atoms with Crippen LogP contribution in [0.5, 0.6) is 17.2 Å². The van der Waals surface area contributed by atoms with E-state index >= 15 is 4.39 Å². The third-order valence-corrected chi connectivity index (χ3v) is 6.12. The molecule has 0 fully saturated rings. The highest BCUT2D eigenvalue weighted by Crippen LogP contribution is 2.37. The molecule has 3 heterocycles. The molecule has 0 bridgehead atoms. The van der Waals surface area contributed by atoms with E-state index in [1.807, 2.05) is 36.7 Å². The highest BCUT2D eigenvalue weighted by Gasteiger charge is 2.17. The molecule has 3 aromatic heterocycles. The SMILES string of the molecule is CNC(=O)c1cc(Oc2ccc3c(c2)nc(Nc2cc(-c4cnccc4C)cc(F)c2OC)n3C)ccn1.[HH].[HH]. The lowest BCUT2D eigenvalue weighted by molar-refractivity contribution is 0.0958. The predicted molar refractivity (Wildman–Crippen MR) is 147 cm³/mol. The maximum absolute atomic E-state index is 15.0. The maximum atomic E-state index is 15.0. The molecule has 10 heteroatoms. The molecule has 0 spiro atoms. The van der Waals surface area contributed by atoms with Gasteiger partial charge in [0, 0.05) is 53.2 Å². The van der Waals surface area contributed by atoms with E-state index in [-0.39, 0.29) is 20.2 Å². The van der Waals surface area contributed by atoms with Gasteiger partial charge in [-0.1, -0.05) is 0 Å². The summed E-state index contributed by atoms with van der Waals surface area (Å²) in [6, 6.07) is 13.8. The van der Waals surface area contributed by atoms with Crippen LogP contribution in [0.3, 0.4) is 0 Å². The molecule has 2 N–H and O–H groups in total. The van der Waals surface area contributed by atoms with E-state index in [2.05, 4.69) is 20.6 Å². The number of hydrogen-bond acceptors (Lipinski definition) is 7. The summed E-state index contributed by atoms with van der Waals surface area (Å²) in [5.74, 6) is 0.764. The first-order chi connectivity index (χ1) is 18.4. The van der Waals surface area contributed by atoms with E-state index in [4.69, 9.17) is 14.5 Å². The van der Waals surface area contributed by atoms with Gasteiger partial charge in [0.05, 0.1) is 23.8 Å². The minimum absolute atomic E-state index is 0. The molecular weight excluding hydrogens is 487 g/mol. The van der Waals surface area contributed by atoms with Gasteiger partial charge >= 0.3 is 0 Å². The second-order valence-electron chi connectivity index (χ2n) is 8.56. The summed E-state index contributed by atoms with van der Waals surface area (Å²) in [6.07, 6.45) is 4.91. The minimum Gasteiger partial charge on any atom is -0.492 e. The zero-order valence-corrected chi connectivity index (χ0v) is 21.2. The van der Waals surface area contributed by atoms with Crippen LogP contribution in [0.15, 0.2) is 67.1 Å². The number of hydrogen-bond donors (Lipinski definition) is 2. The molecule has 5 rings (SSSR count). The highest BCUT2D eigenvalue weighted by atomic mass is 19.1. The molecule has 0 saturated heterocycles. The zero-order valence-electron chi connectivity index (χ0n) is 21.2. The highest BCUT2D eigenvalue weighted by molar-refractivity contribution is 5.92. The monoisotopic (exact) mass is 516 g/mol. The van der Waals surface area contributed by atoms with Crippen LogP contribution in [0, 0.1) is 12.7 Å². The molecule has 2 aromatic carbocycles. The van der Waals surface area contributed by atoms with Gasteiger partial charge in [0.15, 0.2) is 11.6 Å². The van der Waals surface area contributed by atoms with Gasteiger partial charge in [-0.2, -0.15) is 0 Å². The van der Waals surface area contributed by atoms with Gasteiger partial charge < -0.3 is 24.7 Å². The minimum atomic E-state index is -0.501. The third kappa shape index (κ3) is 4.71. The number of benzene rings is 2. The van der Waals surface area contributed by atoms with Crippen molar-refractivity contribution >= 4 is 28.6 Å². The number of nitrogens with zero attached hydrogens (tertiary/aromatic N) is 4. The van der Waals surface area contributed by atoms with Crippen molar-refractivity contribution in [3.05, 3.63) is 84.2 Å². The van der Waals surface area contributed by atoms with Crippen molar-refractivity contribution in [2.24, 2.45) is 7.05 Å². The normalized spacial score (nSPS) is 10.9. The largest absolute Gasteiger partial charge is 0.492 e. The lowest BCUT2D eigenvalue weighted by Crippen LogP contribution is -2.18. The first kappa shape index (κ1) is 24.7. The second-order valence-corrected chi connectivity index (χ2v) is 8.56. The molecular formula is C28H29FN6O3. The van der Waals surface area contributed by atoms with Crippen LogP contribution in [0.1, 0.15) is 18.9 Å². The van der Waals surface area contributed by atoms with Gasteiger partial charge in [-0.05, 0) is 54.4 Å². The van der Waals surface area contributed by atoms with Crippen LogP contribution in [0.2, 0.25) is 0 Å². The van der Waals surface area contributed by atoms with Gasteiger partial charge in [0.25, 0.3) is 5.91 Å². The second kappa shape index (κ2) is 10.2. The molecule has 0 unspecified atom stereocenters. The van der Waals surface area contributed by atoms with Gasteiger partial charge in [0.1, 0.15) is 17.2 Å². The number of ether oxygens (including phenoxy) is 2. The summed E-state index contributed by atoms with van der Waals surface area (Å²) < 4.78 is 28.2. The number of anilines is 2. The Labute approximate surface area is 221 Å². The van der Waals surface area contributed by atoms with Crippen LogP contribution in [0.25, 0.3) is 22.2 Å². The Hall–Kier alpha value is -4.99. The first-order valence-corrected chi connectivity index (χ1v) is 11.8. The van der Waals surface area contributed by atoms with Crippen molar-refractivity contribution in [1.82, 2.24) is 24.8 Å². The number of carbonyl (C=O) groups excluding carboxylic acids is 1. The molecule has 0 atom stereocenters. The standard InChI is InChI=1S/C28H25FN6O3.2H2/c1-16-7-9-31-15-20(16)17-11-21(29)26(37-4)23(12-17)34-28-33-22-13-18(5-6-25(22)35(28)3)38-19-8-10-32-24(14-19)27(36)30-2;;/h5-15H,1-4H3,(H,30,36)(H,33,34);2*1H. The average Bonchev–Trinajstić information content (AvgIpc) is 3.22. The fourth-order valence-electron chi connectivity index (χ4n) is 4.15. The number of imidazole rings is 1. The fourth-order valence-corrected chi connectivity index (χ4v) is 4.15. The smallest absolute Gasteiger partial charge is 0.269 e. The summed E-state index contributed by atoms with van der Waals surface area (Å²) in [5.41, 5.74) is 4.63. The van der Waals surface area contributed by atoms with E-state index in [1.165, 1.54) is 26.4 Å². The van der Waals surface area contributed by atoms with Crippen molar-refractivity contribution < 1.29 is 21.5 Å². The maximum Gasteiger partial charge on any atom is 0.269 e. The Morgan fingerprint density at radius 1 is 1.08 bits per heavy atom. The van der Waals surface area contributed by atoms with E-state index in [9.17, 15) is 4.79 Å². The molecule has 38 heavy (non-hydrogen) atoms. The van der Waals surface area contributed by atoms with Crippen LogP contribution in [-0.2, 0) is 7.05 Å². The average molecular weight is 517 g/mol. The van der Waals surface area contributed by atoms with E-state index in [0.717, 1.165) is 16.6 Å². The summed E-state index contributed by atoms with van der Waals surface area (Å²) in [4.78, 5) is 24.8. The van der Waals surface area contributed by atoms with E-state index < -0.39 is 5.82 Å². The molecule has 0 radical (unpaired) electrons. The van der Waals surface area contributed by atoms with Crippen molar-refractivity contribution in [1.29, 1.82) is 0 Å². The lowest BCUT2D eigenvalue weighted by Gasteiger charge is -2.14. The Morgan fingerprint density at radius 2 is 1.89 bits per heavy atom. The number of pyridine rings is 2. The van der Waals surface area contributed by atoms with E-state index in [0.29, 0.717) is 34.2 Å². The van der Waals surface area contributed by atoms with E-state index in [1.54, 1.807) is 36.7 Å². The molecule has 196 valence electrons. The van der Waals surface area contributed by atoms with Gasteiger partial charge in [-0.3, -0.25) is 14.8 Å². The number of amides is 1. The molecule has 1 amide bonds. The Kier molecular flexibility index (Phi) is 6.61. The van der Waals surface area contributed by atoms with Crippen molar-refractivity contribution in [3.8, 4) is 28.4 Å². The molecule has 9 nitrogen and oxygen atoms in total. The molecule has 0 saturated carbocycles. The number of nitrogens with one attached hydrogen (secondary N) is 2. The van der Waals surface area contributed by atoms with Crippen LogP contribution < -0.4 is 20.1 Å². The fraction of sp³-hybridized carbons (Fsp3) is 0.143. The van der Waals surface area contributed by atoms with Crippen LogP contribution in [-0.4, -0.2) is 39.6 Å². The van der Waals surface area contributed by atoms with Crippen LogP contribution in [0.4, 0.5) is 16.0 Å². The third-order valence-electron chi connectivity index (χ3n) is 6.12. The van der Waals surface area contributed by atoms with Crippen molar-refractivity contribution in [2.45, 2.75) is 6.92 Å². The predicted octanol–water partition coefficient (Wildman–Crippen LogP) is 5.87. The molecule has 5 aromatic rings. The number of methoxy groups -OCH3 is 1. The first-order valence-electron chi connectivity index (χ1n) is 11.8. The Bertz CT molecular complexity index is 1680. The topological polar surface area (TPSA) is 103 Å². The summed E-state index contributed by atoms with van der Waals surface area (Å²) in [6.45, 7) is 1.95. The number of aromatic nitrogens is 4. The zero-order chi connectivity index (χ0) is 26.8. The summed E-state index contributed by atoms with van der Waals surface area (Å²) in [7, 11) is 4.82. The molecule has 0 aliphatic heterocycles. The number of fused-ring (bicyclic) bond motifs is 1. The van der Waals surface area contributed by atoms with Crippen molar-refractivity contribution in [3.63, 3.8) is 0 Å². The van der Waals surface area contributed by atoms with Crippen LogP contribution >= 0.6 is 0 Å². The van der Waals surface area contributed by atoms with Crippen molar-refractivity contribution in [2.75, 3.05) is 19.5 Å².